The van der Waals surface area contributed by atoms with Gasteiger partial charge in [-0.1, -0.05) is 54.1 Å². The van der Waals surface area contributed by atoms with Crippen LogP contribution in [0.15, 0.2) is 84.9 Å². The molecular weight excluding hydrogens is 440 g/mol. The first-order valence-corrected chi connectivity index (χ1v) is 10.4. The average Bonchev–Trinajstić information content (AvgIpc) is 3.30. The molecule has 0 saturated carbocycles. The van der Waals surface area contributed by atoms with Crippen molar-refractivity contribution in [1.82, 2.24) is 20.0 Å². The molecule has 5 rings (SSSR count). The summed E-state index contributed by atoms with van der Waals surface area (Å²) in [5.41, 5.74) is 1.57. The van der Waals surface area contributed by atoms with Gasteiger partial charge < -0.3 is 9.47 Å². The summed E-state index contributed by atoms with van der Waals surface area (Å²) in [6.45, 7) is 0. The van der Waals surface area contributed by atoms with E-state index in [1.165, 1.54) is 11.8 Å². The lowest BCUT2D eigenvalue weighted by Gasteiger charge is -2.06. The fourth-order valence-corrected chi connectivity index (χ4v) is 3.53. The smallest absolute Gasteiger partial charge is 0.364 e. The molecule has 8 heteroatoms. The van der Waals surface area contributed by atoms with Crippen LogP contribution in [-0.2, 0) is 0 Å². The summed E-state index contributed by atoms with van der Waals surface area (Å²) in [7, 11) is 1.51. The highest BCUT2D eigenvalue weighted by Gasteiger charge is 2.20. The Morgan fingerprint density at radius 1 is 0.879 bits per heavy atom. The van der Waals surface area contributed by atoms with E-state index < -0.39 is 5.97 Å². The predicted molar refractivity (Wildman–Crippen MR) is 125 cm³/mol. The maximum absolute atomic E-state index is 13.0. The van der Waals surface area contributed by atoms with Crippen molar-refractivity contribution in [2.45, 2.75) is 0 Å². The molecule has 0 saturated heterocycles. The minimum Gasteiger partial charge on any atom is -0.480 e. The van der Waals surface area contributed by atoms with E-state index >= 15 is 0 Å². The van der Waals surface area contributed by atoms with Crippen molar-refractivity contribution in [3.05, 3.63) is 95.6 Å². The molecule has 0 aliphatic heterocycles. The lowest BCUT2D eigenvalue weighted by molar-refractivity contribution is 0.0728. The molecule has 33 heavy (non-hydrogen) atoms. The number of nitrogens with zero attached hydrogens (tertiary/aromatic N) is 4. The molecule has 0 spiro atoms. The van der Waals surface area contributed by atoms with E-state index in [1.54, 1.807) is 36.4 Å². The summed E-state index contributed by atoms with van der Waals surface area (Å²) in [5.74, 6) is 0.645. The number of aromatic nitrogens is 4. The maximum Gasteiger partial charge on any atom is 0.364 e. The number of esters is 1. The van der Waals surface area contributed by atoms with Crippen molar-refractivity contribution in [2.75, 3.05) is 7.11 Å². The van der Waals surface area contributed by atoms with Gasteiger partial charge in [-0.25, -0.2) is 9.48 Å². The quantitative estimate of drug-likeness (QED) is 0.261. The number of carbonyl (C=O) groups excluding carboxylic acids is 1. The molecule has 0 N–H and O–H groups in total. The molecule has 2 heterocycles. The van der Waals surface area contributed by atoms with Gasteiger partial charge in [0.2, 0.25) is 5.88 Å². The van der Waals surface area contributed by atoms with E-state index in [0.717, 1.165) is 16.3 Å². The van der Waals surface area contributed by atoms with E-state index in [-0.39, 0.29) is 5.69 Å². The van der Waals surface area contributed by atoms with Crippen LogP contribution in [0.5, 0.6) is 11.6 Å². The molecule has 0 bridgehead atoms. The highest BCUT2D eigenvalue weighted by atomic mass is 35.5. The molecule has 0 aliphatic rings. The SMILES string of the molecule is COc1ccc(-n2nc(C(=O)Oc3ccc4ccccc4c3)cc2-c2ccc(Cl)cc2)nn1. The van der Waals surface area contributed by atoms with E-state index in [0.29, 0.717) is 28.2 Å². The third-order valence-electron chi connectivity index (χ3n) is 5.04. The molecular formula is C25H17ClN4O3. The van der Waals surface area contributed by atoms with Crippen LogP contribution >= 0.6 is 11.6 Å². The van der Waals surface area contributed by atoms with E-state index in [4.69, 9.17) is 21.1 Å². The molecule has 0 fully saturated rings. The van der Waals surface area contributed by atoms with Gasteiger partial charge >= 0.3 is 5.97 Å². The molecule has 0 amide bonds. The number of rotatable bonds is 5. The zero-order valence-electron chi connectivity index (χ0n) is 17.5. The molecule has 162 valence electrons. The number of hydrogen-bond acceptors (Lipinski definition) is 6. The molecule has 0 aliphatic carbocycles. The molecule has 7 nitrogen and oxygen atoms in total. The van der Waals surface area contributed by atoms with E-state index in [2.05, 4.69) is 15.3 Å². The van der Waals surface area contributed by atoms with Crippen LogP contribution in [0.25, 0.3) is 27.8 Å². The van der Waals surface area contributed by atoms with Crippen molar-refractivity contribution in [3.8, 4) is 28.7 Å². The maximum atomic E-state index is 13.0. The van der Waals surface area contributed by atoms with Gasteiger partial charge in [0.1, 0.15) is 5.75 Å². The van der Waals surface area contributed by atoms with Gasteiger partial charge in [-0.3, -0.25) is 0 Å². The number of ether oxygens (including phenoxy) is 2. The second-order valence-corrected chi connectivity index (χ2v) is 7.60. The highest BCUT2D eigenvalue weighted by molar-refractivity contribution is 6.30. The second-order valence-electron chi connectivity index (χ2n) is 7.17. The van der Waals surface area contributed by atoms with Crippen molar-refractivity contribution in [2.24, 2.45) is 0 Å². The number of benzene rings is 3. The Hall–Kier alpha value is -4.23. The van der Waals surface area contributed by atoms with Crippen LogP contribution in [0, 0.1) is 0 Å². The Morgan fingerprint density at radius 3 is 2.39 bits per heavy atom. The van der Waals surface area contributed by atoms with Gasteiger partial charge in [0.05, 0.1) is 12.8 Å². The normalized spacial score (nSPS) is 10.8. The van der Waals surface area contributed by atoms with Gasteiger partial charge in [0.25, 0.3) is 0 Å². The number of fused-ring (bicyclic) bond motifs is 1. The minimum absolute atomic E-state index is 0.130. The van der Waals surface area contributed by atoms with Crippen molar-refractivity contribution in [1.29, 1.82) is 0 Å². The third kappa shape index (κ3) is 4.26. The summed E-state index contributed by atoms with van der Waals surface area (Å²) in [6.07, 6.45) is 0. The fourth-order valence-electron chi connectivity index (χ4n) is 3.41. The monoisotopic (exact) mass is 456 g/mol. The fraction of sp³-hybridized carbons (Fsp3) is 0.0400. The zero-order valence-corrected chi connectivity index (χ0v) is 18.2. The number of methoxy groups -OCH3 is 1. The van der Waals surface area contributed by atoms with Gasteiger partial charge in [-0.05, 0) is 47.2 Å². The van der Waals surface area contributed by atoms with Gasteiger partial charge in [-0.15, -0.1) is 10.2 Å². The predicted octanol–water partition coefficient (Wildman–Crippen LogP) is 5.36. The van der Waals surface area contributed by atoms with Gasteiger partial charge in [0.15, 0.2) is 11.5 Å². The molecule has 0 radical (unpaired) electrons. The standard InChI is InChI=1S/C25H17ClN4O3/c1-32-24-13-12-23(27-28-24)30-22(17-6-9-19(26)10-7-17)15-21(29-30)25(31)33-20-11-8-16-4-2-3-5-18(16)14-20/h2-15H,1H3. The Morgan fingerprint density at radius 2 is 1.67 bits per heavy atom. The topological polar surface area (TPSA) is 79.1 Å². The van der Waals surface area contributed by atoms with E-state index in [9.17, 15) is 4.79 Å². The van der Waals surface area contributed by atoms with Crippen molar-refractivity contribution < 1.29 is 14.3 Å². The summed E-state index contributed by atoms with van der Waals surface area (Å²) in [6, 6.07) is 25.6. The zero-order chi connectivity index (χ0) is 22.8. The van der Waals surface area contributed by atoms with Crippen LogP contribution in [0.4, 0.5) is 0 Å². The van der Waals surface area contributed by atoms with Crippen molar-refractivity contribution >= 4 is 28.3 Å². The lowest BCUT2D eigenvalue weighted by atomic mass is 10.1. The second kappa shape index (κ2) is 8.72. The van der Waals surface area contributed by atoms with Crippen molar-refractivity contribution in [3.63, 3.8) is 0 Å². The van der Waals surface area contributed by atoms with Crippen LogP contribution in [0.2, 0.25) is 5.02 Å². The summed E-state index contributed by atoms with van der Waals surface area (Å²) in [4.78, 5) is 13.0. The summed E-state index contributed by atoms with van der Waals surface area (Å²) in [5, 5.41) is 15.3. The highest BCUT2D eigenvalue weighted by Crippen LogP contribution is 2.26. The first kappa shape index (κ1) is 20.7. The lowest BCUT2D eigenvalue weighted by Crippen LogP contribution is -2.10. The van der Waals surface area contributed by atoms with Crippen LogP contribution in [0.1, 0.15) is 10.5 Å². The first-order chi connectivity index (χ1) is 16.1. The molecule has 3 aromatic carbocycles. The molecule has 0 unspecified atom stereocenters. The van der Waals surface area contributed by atoms with Crippen LogP contribution < -0.4 is 9.47 Å². The summed E-state index contributed by atoms with van der Waals surface area (Å²) < 4.78 is 12.2. The minimum atomic E-state index is -0.583. The first-order valence-electron chi connectivity index (χ1n) is 10.1. The largest absolute Gasteiger partial charge is 0.480 e. The Balaban J connectivity index is 1.52. The third-order valence-corrected chi connectivity index (χ3v) is 5.29. The number of halogens is 1. The molecule has 5 aromatic rings. The average molecular weight is 457 g/mol. The van der Waals surface area contributed by atoms with Gasteiger partial charge in [0, 0.05) is 16.7 Å². The van der Waals surface area contributed by atoms with Gasteiger partial charge in [-0.2, -0.15) is 5.10 Å². The molecule has 2 aromatic heterocycles. The Kier molecular flexibility index (Phi) is 5.46. The van der Waals surface area contributed by atoms with Crippen LogP contribution in [0.3, 0.4) is 0 Å². The Bertz CT molecular complexity index is 1450. The van der Waals surface area contributed by atoms with Crippen LogP contribution in [-0.4, -0.2) is 33.1 Å². The van der Waals surface area contributed by atoms with E-state index in [1.807, 2.05) is 48.5 Å². The number of carbonyl (C=O) groups is 1. The number of hydrogen-bond donors (Lipinski definition) is 0. The summed E-state index contributed by atoms with van der Waals surface area (Å²) >= 11 is 6.04. The Labute approximate surface area is 194 Å². The molecule has 0 atom stereocenters.